The number of carbonyl (C=O) groups excluding carboxylic acids is 1. The maximum Gasteiger partial charge on any atom is 0.251 e. The average molecular weight is 395 g/mol. The molecule has 1 N–H and O–H groups in total. The Morgan fingerprint density at radius 2 is 1.64 bits per heavy atom. The second-order valence-electron chi connectivity index (χ2n) is 6.92. The number of nitrogens with one attached hydrogen (secondary N) is 1. The van der Waals surface area contributed by atoms with Crippen LogP contribution in [0, 0.1) is 13.8 Å². The van der Waals surface area contributed by atoms with Crippen molar-refractivity contribution in [3.63, 3.8) is 0 Å². The molecule has 0 bridgehead atoms. The highest BCUT2D eigenvalue weighted by atomic mass is 32.2. The molecule has 0 aliphatic rings. The Balaban J connectivity index is 1.68. The van der Waals surface area contributed by atoms with Gasteiger partial charge in [0.2, 0.25) is 0 Å². The van der Waals surface area contributed by atoms with E-state index in [0.29, 0.717) is 5.56 Å². The molecule has 5 nitrogen and oxygen atoms in total. The summed E-state index contributed by atoms with van der Waals surface area (Å²) in [6.45, 7) is 8.85. The molecule has 1 atom stereocenters. The number of thioether (sulfide) groups is 1. The van der Waals surface area contributed by atoms with Crippen molar-refractivity contribution in [2.45, 2.75) is 51.2 Å². The van der Waals surface area contributed by atoms with Gasteiger partial charge in [0.05, 0.1) is 6.04 Å². The second kappa shape index (κ2) is 9.06. The van der Waals surface area contributed by atoms with Crippen molar-refractivity contribution in [3.8, 4) is 0 Å². The smallest absolute Gasteiger partial charge is 0.251 e. The van der Waals surface area contributed by atoms with Gasteiger partial charge in [0.1, 0.15) is 0 Å². The van der Waals surface area contributed by atoms with Gasteiger partial charge in [-0.15, -0.1) is 10.2 Å². The highest BCUT2D eigenvalue weighted by Crippen LogP contribution is 2.24. The minimum atomic E-state index is -0.227. The van der Waals surface area contributed by atoms with Gasteiger partial charge in [-0.05, 0) is 45.4 Å². The average Bonchev–Trinajstić information content (AvgIpc) is 3.11. The van der Waals surface area contributed by atoms with Crippen LogP contribution >= 0.6 is 11.8 Å². The van der Waals surface area contributed by atoms with Gasteiger partial charge in [0.25, 0.3) is 5.91 Å². The number of aromatic nitrogens is 3. The van der Waals surface area contributed by atoms with Gasteiger partial charge in [-0.1, -0.05) is 59.3 Å². The van der Waals surface area contributed by atoms with E-state index in [2.05, 4.69) is 58.2 Å². The van der Waals surface area contributed by atoms with E-state index in [1.807, 2.05) is 38.1 Å². The van der Waals surface area contributed by atoms with Crippen molar-refractivity contribution >= 4 is 17.7 Å². The van der Waals surface area contributed by atoms with E-state index in [0.717, 1.165) is 28.8 Å². The molecule has 0 unspecified atom stereocenters. The van der Waals surface area contributed by atoms with Gasteiger partial charge < -0.3 is 9.88 Å². The van der Waals surface area contributed by atoms with Crippen LogP contribution in [0.2, 0.25) is 0 Å². The standard InChI is InChI=1S/C22H26N4OS/c1-5-26-20(17(4)23-21(27)19-12-8-16(3)9-13-19)24-25-22(26)28-14-18-10-6-15(2)7-11-18/h6-13,17H,5,14H2,1-4H3,(H,23,27)/t17-/m1/s1. The van der Waals surface area contributed by atoms with Crippen molar-refractivity contribution in [2.75, 3.05) is 0 Å². The monoisotopic (exact) mass is 394 g/mol. The summed E-state index contributed by atoms with van der Waals surface area (Å²) >= 11 is 1.66. The van der Waals surface area contributed by atoms with Gasteiger partial charge in [0.15, 0.2) is 11.0 Å². The number of hydrogen-bond acceptors (Lipinski definition) is 4. The molecule has 2 aromatic carbocycles. The number of rotatable bonds is 7. The highest BCUT2D eigenvalue weighted by molar-refractivity contribution is 7.98. The van der Waals surface area contributed by atoms with E-state index >= 15 is 0 Å². The normalized spacial score (nSPS) is 12.0. The van der Waals surface area contributed by atoms with Crippen molar-refractivity contribution in [1.82, 2.24) is 20.1 Å². The summed E-state index contributed by atoms with van der Waals surface area (Å²) in [6.07, 6.45) is 0. The lowest BCUT2D eigenvalue weighted by molar-refractivity contribution is 0.0937. The van der Waals surface area contributed by atoms with Crippen LogP contribution in [-0.2, 0) is 12.3 Å². The van der Waals surface area contributed by atoms with E-state index in [1.54, 1.807) is 11.8 Å². The molecule has 146 valence electrons. The Bertz CT molecular complexity index is 932. The SMILES string of the molecule is CCn1c(SCc2ccc(C)cc2)nnc1[C@@H](C)NC(=O)c1ccc(C)cc1. The second-order valence-corrected chi connectivity index (χ2v) is 7.86. The molecule has 3 rings (SSSR count). The Hall–Kier alpha value is -2.60. The van der Waals surface area contributed by atoms with Crippen LogP contribution in [0.15, 0.2) is 53.7 Å². The molecular formula is C22H26N4OS. The Morgan fingerprint density at radius 3 is 2.25 bits per heavy atom. The van der Waals surface area contributed by atoms with Crippen LogP contribution < -0.4 is 5.32 Å². The van der Waals surface area contributed by atoms with Crippen molar-refractivity contribution in [2.24, 2.45) is 0 Å². The summed E-state index contributed by atoms with van der Waals surface area (Å²) in [5, 5.41) is 12.6. The maximum absolute atomic E-state index is 12.5. The first-order chi connectivity index (χ1) is 13.5. The fourth-order valence-corrected chi connectivity index (χ4v) is 3.87. The van der Waals surface area contributed by atoms with Gasteiger partial charge in [-0.2, -0.15) is 0 Å². The first-order valence-electron chi connectivity index (χ1n) is 9.47. The van der Waals surface area contributed by atoms with E-state index in [9.17, 15) is 4.79 Å². The van der Waals surface area contributed by atoms with Crippen LogP contribution in [0.25, 0.3) is 0 Å². The largest absolute Gasteiger partial charge is 0.342 e. The molecule has 0 saturated heterocycles. The number of hydrogen-bond donors (Lipinski definition) is 1. The molecule has 0 aliphatic carbocycles. The molecule has 0 saturated carbocycles. The summed E-state index contributed by atoms with van der Waals surface area (Å²) < 4.78 is 2.07. The summed E-state index contributed by atoms with van der Waals surface area (Å²) in [4.78, 5) is 12.5. The third-order valence-electron chi connectivity index (χ3n) is 4.60. The van der Waals surface area contributed by atoms with Gasteiger partial charge >= 0.3 is 0 Å². The maximum atomic E-state index is 12.5. The van der Waals surface area contributed by atoms with Crippen LogP contribution in [0.5, 0.6) is 0 Å². The molecule has 28 heavy (non-hydrogen) atoms. The van der Waals surface area contributed by atoms with E-state index in [1.165, 1.54) is 11.1 Å². The zero-order chi connectivity index (χ0) is 20.1. The summed E-state index contributed by atoms with van der Waals surface area (Å²) in [5.74, 6) is 1.50. The Morgan fingerprint density at radius 1 is 1.04 bits per heavy atom. The number of amides is 1. The molecule has 1 amide bonds. The lowest BCUT2D eigenvalue weighted by Gasteiger charge is -2.15. The number of carbonyl (C=O) groups is 1. The van der Waals surface area contributed by atoms with E-state index < -0.39 is 0 Å². The molecule has 0 aliphatic heterocycles. The fourth-order valence-electron chi connectivity index (χ4n) is 2.91. The van der Waals surface area contributed by atoms with Crippen LogP contribution in [0.1, 0.15) is 52.8 Å². The molecule has 3 aromatic rings. The molecule has 1 heterocycles. The summed E-state index contributed by atoms with van der Waals surface area (Å²) in [6, 6.07) is 15.8. The van der Waals surface area contributed by atoms with Crippen molar-refractivity contribution in [3.05, 3.63) is 76.6 Å². The Labute approximate surface area is 170 Å². The van der Waals surface area contributed by atoms with Crippen LogP contribution in [0.4, 0.5) is 0 Å². The van der Waals surface area contributed by atoms with Crippen molar-refractivity contribution in [1.29, 1.82) is 0 Å². The molecule has 1 aromatic heterocycles. The van der Waals surface area contributed by atoms with Gasteiger partial charge in [0, 0.05) is 17.9 Å². The quantitative estimate of drug-likeness (QED) is 0.590. The minimum Gasteiger partial charge on any atom is -0.342 e. The Kier molecular flexibility index (Phi) is 6.52. The van der Waals surface area contributed by atoms with Gasteiger partial charge in [-0.3, -0.25) is 4.79 Å². The lowest BCUT2D eigenvalue weighted by atomic mass is 10.1. The zero-order valence-corrected chi connectivity index (χ0v) is 17.6. The highest BCUT2D eigenvalue weighted by Gasteiger charge is 2.19. The predicted octanol–water partition coefficient (Wildman–Crippen LogP) is 4.70. The topological polar surface area (TPSA) is 59.8 Å². The summed E-state index contributed by atoms with van der Waals surface area (Å²) in [7, 11) is 0. The predicted molar refractivity (Wildman–Crippen MR) is 113 cm³/mol. The first kappa shape index (κ1) is 20.1. The number of aryl methyl sites for hydroxylation is 2. The molecule has 6 heteroatoms. The minimum absolute atomic E-state index is 0.105. The summed E-state index contributed by atoms with van der Waals surface area (Å²) in [5.41, 5.74) is 4.29. The van der Waals surface area contributed by atoms with E-state index in [-0.39, 0.29) is 11.9 Å². The fraction of sp³-hybridized carbons (Fsp3) is 0.318. The molecule has 0 fully saturated rings. The van der Waals surface area contributed by atoms with E-state index in [4.69, 9.17) is 0 Å². The molecule has 0 spiro atoms. The van der Waals surface area contributed by atoms with Gasteiger partial charge in [-0.25, -0.2) is 0 Å². The zero-order valence-electron chi connectivity index (χ0n) is 16.8. The molecule has 0 radical (unpaired) electrons. The first-order valence-corrected chi connectivity index (χ1v) is 10.5. The number of nitrogens with zero attached hydrogens (tertiary/aromatic N) is 3. The lowest BCUT2D eigenvalue weighted by Crippen LogP contribution is -2.28. The van der Waals surface area contributed by atoms with Crippen LogP contribution in [-0.4, -0.2) is 20.7 Å². The number of benzene rings is 2. The third kappa shape index (κ3) is 4.81. The van der Waals surface area contributed by atoms with Crippen LogP contribution in [0.3, 0.4) is 0 Å². The third-order valence-corrected chi connectivity index (χ3v) is 5.64. The van der Waals surface area contributed by atoms with Crippen molar-refractivity contribution < 1.29 is 4.79 Å². The molecular weight excluding hydrogens is 368 g/mol.